The zero-order valence-electron chi connectivity index (χ0n) is 17.2. The topological polar surface area (TPSA) is 60.3 Å². The number of amides is 1. The van der Waals surface area contributed by atoms with Gasteiger partial charge in [-0.15, -0.1) is 10.2 Å². The van der Waals surface area contributed by atoms with Gasteiger partial charge in [0.1, 0.15) is 5.75 Å². The highest BCUT2D eigenvalue weighted by molar-refractivity contribution is 7.99. The van der Waals surface area contributed by atoms with Gasteiger partial charge in [0.05, 0.1) is 12.9 Å². The zero-order valence-corrected chi connectivity index (χ0v) is 18.0. The summed E-state index contributed by atoms with van der Waals surface area (Å²) in [7, 11) is 1.65. The lowest BCUT2D eigenvalue weighted by Crippen LogP contribution is -2.32. The lowest BCUT2D eigenvalue weighted by molar-refractivity contribution is -0.116. The molecule has 0 aliphatic carbocycles. The first-order chi connectivity index (χ1) is 14.0. The van der Waals surface area contributed by atoms with Gasteiger partial charge in [0, 0.05) is 23.8 Å². The molecule has 29 heavy (non-hydrogen) atoms. The maximum atomic E-state index is 12.8. The minimum atomic E-state index is 0.0491. The summed E-state index contributed by atoms with van der Waals surface area (Å²) < 4.78 is 7.30. The van der Waals surface area contributed by atoms with Gasteiger partial charge in [-0.05, 0) is 57.2 Å². The van der Waals surface area contributed by atoms with Crippen LogP contribution >= 0.6 is 11.8 Å². The molecule has 0 atom stereocenters. The maximum absolute atomic E-state index is 12.8. The number of aromatic nitrogens is 3. The Morgan fingerprint density at radius 2 is 1.79 bits per heavy atom. The van der Waals surface area contributed by atoms with Crippen molar-refractivity contribution in [1.29, 1.82) is 0 Å². The lowest BCUT2D eigenvalue weighted by Gasteiger charge is -2.21. The van der Waals surface area contributed by atoms with Crippen LogP contribution in [0.2, 0.25) is 0 Å². The molecule has 0 bridgehead atoms. The number of anilines is 1. The lowest BCUT2D eigenvalue weighted by atomic mass is 10.2. The average Bonchev–Trinajstić information content (AvgIpc) is 3.18. The number of nitrogens with zero attached hydrogens (tertiary/aromatic N) is 4. The fourth-order valence-electron chi connectivity index (χ4n) is 3.09. The van der Waals surface area contributed by atoms with Crippen molar-refractivity contribution in [1.82, 2.24) is 14.8 Å². The number of rotatable bonds is 8. The van der Waals surface area contributed by atoms with Crippen molar-refractivity contribution < 1.29 is 9.53 Å². The third-order valence-corrected chi connectivity index (χ3v) is 5.47. The summed E-state index contributed by atoms with van der Waals surface area (Å²) in [6.07, 6.45) is 0. The number of methoxy groups -OCH3 is 1. The Morgan fingerprint density at radius 3 is 2.38 bits per heavy atom. The summed E-state index contributed by atoms with van der Waals surface area (Å²) in [5, 5.41) is 9.49. The molecule has 0 aliphatic heterocycles. The summed E-state index contributed by atoms with van der Waals surface area (Å²) >= 11 is 1.42. The average molecular weight is 411 g/mol. The molecule has 3 rings (SSSR count). The second-order valence-corrected chi connectivity index (χ2v) is 7.70. The SMILES string of the molecule is CCN(C(=O)CSc1nnc(-c2ccc(OC)cc2)n1C(C)C)c1ccccc1. The van der Waals surface area contributed by atoms with Crippen LogP contribution in [0.3, 0.4) is 0 Å². The maximum Gasteiger partial charge on any atom is 0.237 e. The number of hydrogen-bond acceptors (Lipinski definition) is 5. The molecule has 1 aromatic heterocycles. The molecule has 0 spiro atoms. The van der Waals surface area contributed by atoms with Crippen molar-refractivity contribution in [3.05, 3.63) is 54.6 Å². The molecule has 0 saturated heterocycles. The van der Waals surface area contributed by atoms with Gasteiger partial charge >= 0.3 is 0 Å². The summed E-state index contributed by atoms with van der Waals surface area (Å²) in [5.74, 6) is 1.93. The van der Waals surface area contributed by atoms with E-state index in [1.807, 2.05) is 61.5 Å². The molecule has 7 heteroatoms. The third-order valence-electron chi connectivity index (χ3n) is 4.54. The molecule has 0 aliphatic rings. The number of benzene rings is 2. The van der Waals surface area contributed by atoms with Gasteiger partial charge in [0.15, 0.2) is 11.0 Å². The van der Waals surface area contributed by atoms with E-state index in [1.54, 1.807) is 12.0 Å². The summed E-state index contributed by atoms with van der Waals surface area (Å²) in [4.78, 5) is 14.6. The number of hydrogen-bond donors (Lipinski definition) is 0. The smallest absolute Gasteiger partial charge is 0.237 e. The molecule has 0 radical (unpaired) electrons. The van der Waals surface area contributed by atoms with Crippen molar-refractivity contribution in [2.24, 2.45) is 0 Å². The molecule has 6 nitrogen and oxygen atoms in total. The first-order valence-corrected chi connectivity index (χ1v) is 10.6. The monoisotopic (exact) mass is 410 g/mol. The van der Waals surface area contributed by atoms with Crippen LogP contribution in [0.4, 0.5) is 5.69 Å². The molecule has 0 N–H and O–H groups in total. The van der Waals surface area contributed by atoms with Crippen molar-refractivity contribution in [2.75, 3.05) is 24.3 Å². The Hall–Kier alpha value is -2.80. The number of para-hydroxylation sites is 1. The van der Waals surface area contributed by atoms with Crippen LogP contribution in [0.25, 0.3) is 11.4 Å². The van der Waals surface area contributed by atoms with Crippen molar-refractivity contribution in [2.45, 2.75) is 32.0 Å². The van der Waals surface area contributed by atoms with Gasteiger partial charge < -0.3 is 9.64 Å². The minimum Gasteiger partial charge on any atom is -0.497 e. The molecule has 2 aromatic carbocycles. The fraction of sp³-hybridized carbons (Fsp3) is 0.318. The van der Waals surface area contributed by atoms with Crippen LogP contribution in [0.15, 0.2) is 59.8 Å². The van der Waals surface area contributed by atoms with Gasteiger partial charge in [-0.2, -0.15) is 0 Å². The van der Waals surface area contributed by atoms with Crippen LogP contribution in [0.1, 0.15) is 26.8 Å². The van der Waals surface area contributed by atoms with E-state index in [2.05, 4.69) is 28.6 Å². The van der Waals surface area contributed by atoms with Crippen LogP contribution < -0.4 is 9.64 Å². The highest BCUT2D eigenvalue weighted by Crippen LogP contribution is 2.29. The molecule has 0 fully saturated rings. The van der Waals surface area contributed by atoms with Crippen LogP contribution in [-0.2, 0) is 4.79 Å². The van der Waals surface area contributed by atoms with E-state index in [0.717, 1.165) is 28.0 Å². The predicted octanol–water partition coefficient (Wildman–Crippen LogP) is 4.68. The molecule has 1 heterocycles. The van der Waals surface area contributed by atoms with E-state index in [1.165, 1.54) is 11.8 Å². The molecular weight excluding hydrogens is 384 g/mol. The normalized spacial score (nSPS) is 10.9. The van der Waals surface area contributed by atoms with E-state index in [9.17, 15) is 4.79 Å². The van der Waals surface area contributed by atoms with E-state index in [-0.39, 0.29) is 11.9 Å². The Labute approximate surface area is 175 Å². The quantitative estimate of drug-likeness (QED) is 0.505. The van der Waals surface area contributed by atoms with Crippen molar-refractivity contribution in [3.63, 3.8) is 0 Å². The summed E-state index contributed by atoms with van der Waals surface area (Å²) in [5.41, 5.74) is 1.87. The number of ether oxygens (including phenoxy) is 1. The Bertz CT molecular complexity index is 939. The summed E-state index contributed by atoms with van der Waals surface area (Å²) in [6.45, 7) is 6.78. The molecule has 1 amide bonds. The van der Waals surface area contributed by atoms with E-state index >= 15 is 0 Å². The summed E-state index contributed by atoms with van der Waals surface area (Å²) in [6, 6.07) is 17.6. The molecule has 3 aromatic rings. The predicted molar refractivity (Wildman–Crippen MR) is 118 cm³/mol. The second kappa shape index (κ2) is 9.60. The molecular formula is C22H26N4O2S. The Kier molecular flexibility index (Phi) is 6.93. The number of carbonyl (C=O) groups excluding carboxylic acids is 1. The first kappa shape index (κ1) is 20.9. The Morgan fingerprint density at radius 1 is 1.10 bits per heavy atom. The standard InChI is InChI=1S/C22H26N4O2S/c1-5-25(18-9-7-6-8-10-18)20(27)15-29-22-24-23-21(26(22)16(2)3)17-11-13-19(28-4)14-12-17/h6-14,16H,5,15H2,1-4H3. The fourth-order valence-corrected chi connectivity index (χ4v) is 4.04. The van der Waals surface area contributed by atoms with Gasteiger partial charge in [-0.3, -0.25) is 9.36 Å². The Balaban J connectivity index is 1.78. The van der Waals surface area contributed by atoms with Crippen LogP contribution in [-0.4, -0.2) is 40.1 Å². The van der Waals surface area contributed by atoms with Crippen molar-refractivity contribution in [3.8, 4) is 17.1 Å². The van der Waals surface area contributed by atoms with Crippen LogP contribution in [0, 0.1) is 0 Å². The molecule has 152 valence electrons. The van der Waals surface area contributed by atoms with Gasteiger partial charge in [0.2, 0.25) is 5.91 Å². The van der Waals surface area contributed by atoms with E-state index in [0.29, 0.717) is 12.3 Å². The highest BCUT2D eigenvalue weighted by atomic mass is 32.2. The van der Waals surface area contributed by atoms with Gasteiger partial charge in [-0.25, -0.2) is 0 Å². The number of thioether (sulfide) groups is 1. The number of carbonyl (C=O) groups is 1. The second-order valence-electron chi connectivity index (χ2n) is 6.76. The van der Waals surface area contributed by atoms with Crippen molar-refractivity contribution >= 4 is 23.4 Å². The third kappa shape index (κ3) is 4.79. The van der Waals surface area contributed by atoms with E-state index < -0.39 is 0 Å². The minimum absolute atomic E-state index is 0.0491. The largest absolute Gasteiger partial charge is 0.497 e. The van der Waals surface area contributed by atoms with Gasteiger partial charge in [-0.1, -0.05) is 30.0 Å². The highest BCUT2D eigenvalue weighted by Gasteiger charge is 2.20. The molecule has 0 unspecified atom stereocenters. The van der Waals surface area contributed by atoms with Gasteiger partial charge in [0.25, 0.3) is 0 Å². The first-order valence-electron chi connectivity index (χ1n) is 9.62. The zero-order chi connectivity index (χ0) is 20.8. The van der Waals surface area contributed by atoms with Crippen LogP contribution in [0.5, 0.6) is 5.75 Å². The van der Waals surface area contributed by atoms with E-state index in [4.69, 9.17) is 4.74 Å². The molecule has 0 saturated carbocycles.